The van der Waals surface area contributed by atoms with Crippen LogP contribution in [0.25, 0.3) is 6.08 Å². The van der Waals surface area contributed by atoms with Gasteiger partial charge in [-0.1, -0.05) is 24.0 Å². The molecule has 1 aromatic rings. The molecule has 0 unspecified atom stereocenters. The van der Waals surface area contributed by atoms with Gasteiger partial charge in [-0.2, -0.15) is 0 Å². The smallest absolute Gasteiger partial charge is 0.408 e. The fourth-order valence-corrected chi connectivity index (χ4v) is 1.42. The van der Waals surface area contributed by atoms with Crippen molar-refractivity contribution in [2.75, 3.05) is 6.54 Å². The van der Waals surface area contributed by atoms with E-state index in [9.17, 15) is 9.59 Å². The highest BCUT2D eigenvalue weighted by atomic mass is 16.6. The zero-order valence-electron chi connectivity index (χ0n) is 12.8. The molecule has 0 spiro atoms. The SMILES string of the molecule is CC(C)(C)OC(=O)NCC#Cc1ccc(/C=C/C(=O)O)cc1. The third kappa shape index (κ3) is 7.75. The van der Waals surface area contributed by atoms with Gasteiger partial charge in [0.15, 0.2) is 0 Å². The van der Waals surface area contributed by atoms with E-state index in [4.69, 9.17) is 9.84 Å². The molecule has 22 heavy (non-hydrogen) atoms. The molecule has 0 saturated carbocycles. The van der Waals surface area contributed by atoms with Gasteiger partial charge in [0.05, 0.1) is 6.54 Å². The van der Waals surface area contributed by atoms with E-state index in [0.717, 1.165) is 17.2 Å². The summed E-state index contributed by atoms with van der Waals surface area (Å²) in [5.74, 6) is 4.72. The van der Waals surface area contributed by atoms with Crippen LogP contribution in [0.1, 0.15) is 31.9 Å². The van der Waals surface area contributed by atoms with Crippen molar-refractivity contribution in [3.05, 3.63) is 41.5 Å². The van der Waals surface area contributed by atoms with E-state index in [1.165, 1.54) is 6.08 Å². The van der Waals surface area contributed by atoms with Crippen LogP contribution >= 0.6 is 0 Å². The molecular weight excluding hydrogens is 282 g/mol. The monoisotopic (exact) mass is 301 g/mol. The van der Waals surface area contributed by atoms with Crippen molar-refractivity contribution in [2.24, 2.45) is 0 Å². The van der Waals surface area contributed by atoms with E-state index < -0.39 is 17.7 Å². The van der Waals surface area contributed by atoms with Gasteiger partial charge < -0.3 is 15.2 Å². The number of carbonyl (C=O) groups excluding carboxylic acids is 1. The number of hydrogen-bond donors (Lipinski definition) is 2. The van der Waals surface area contributed by atoms with E-state index in [0.29, 0.717) is 0 Å². The highest BCUT2D eigenvalue weighted by Gasteiger charge is 2.14. The maximum atomic E-state index is 11.4. The lowest BCUT2D eigenvalue weighted by molar-refractivity contribution is -0.131. The number of alkyl carbamates (subject to hydrolysis) is 1. The number of benzene rings is 1. The molecule has 5 nitrogen and oxygen atoms in total. The van der Waals surface area contributed by atoms with Crippen molar-refractivity contribution in [1.29, 1.82) is 0 Å². The molecule has 0 radical (unpaired) electrons. The highest BCUT2D eigenvalue weighted by molar-refractivity contribution is 5.85. The number of nitrogens with one attached hydrogen (secondary N) is 1. The van der Waals surface area contributed by atoms with E-state index in [1.54, 1.807) is 45.0 Å². The Labute approximate surface area is 130 Å². The third-order valence-electron chi connectivity index (χ3n) is 2.28. The first-order valence-electron chi connectivity index (χ1n) is 6.73. The Balaban J connectivity index is 2.48. The third-order valence-corrected chi connectivity index (χ3v) is 2.28. The lowest BCUT2D eigenvalue weighted by Gasteiger charge is -2.18. The normalized spacial score (nSPS) is 10.7. The highest BCUT2D eigenvalue weighted by Crippen LogP contribution is 2.06. The molecule has 2 N–H and O–H groups in total. The minimum Gasteiger partial charge on any atom is -0.478 e. The Morgan fingerprint density at radius 2 is 1.91 bits per heavy atom. The molecule has 0 bridgehead atoms. The van der Waals surface area contributed by atoms with Gasteiger partial charge >= 0.3 is 12.1 Å². The minimum absolute atomic E-state index is 0.190. The van der Waals surface area contributed by atoms with Gasteiger partial charge in [0.1, 0.15) is 5.60 Å². The number of amides is 1. The van der Waals surface area contributed by atoms with Crippen LogP contribution in [0.4, 0.5) is 4.79 Å². The van der Waals surface area contributed by atoms with Crippen molar-refractivity contribution < 1.29 is 19.4 Å². The second-order valence-corrected chi connectivity index (χ2v) is 5.45. The number of carboxylic acids is 1. The lowest BCUT2D eigenvalue weighted by Crippen LogP contribution is -2.32. The molecule has 1 aromatic carbocycles. The zero-order valence-corrected chi connectivity index (χ0v) is 12.8. The molecule has 0 atom stereocenters. The molecule has 0 aliphatic carbocycles. The fraction of sp³-hybridized carbons (Fsp3) is 0.294. The van der Waals surface area contributed by atoms with Crippen LogP contribution in [0.3, 0.4) is 0 Å². The van der Waals surface area contributed by atoms with Crippen molar-refractivity contribution in [3.8, 4) is 11.8 Å². The van der Waals surface area contributed by atoms with Crippen molar-refractivity contribution in [1.82, 2.24) is 5.32 Å². The summed E-state index contributed by atoms with van der Waals surface area (Å²) >= 11 is 0. The molecule has 1 rings (SSSR count). The van der Waals surface area contributed by atoms with Crippen LogP contribution < -0.4 is 5.32 Å². The quantitative estimate of drug-likeness (QED) is 0.665. The molecule has 0 fully saturated rings. The minimum atomic E-state index is -0.989. The Hall–Kier alpha value is -2.74. The Bertz CT molecular complexity index is 613. The van der Waals surface area contributed by atoms with Gasteiger partial charge in [0, 0.05) is 11.6 Å². The van der Waals surface area contributed by atoms with E-state index >= 15 is 0 Å². The number of hydrogen-bond acceptors (Lipinski definition) is 3. The average Bonchev–Trinajstić information content (AvgIpc) is 2.40. The summed E-state index contributed by atoms with van der Waals surface area (Å²) in [6.07, 6.45) is 2.07. The lowest BCUT2D eigenvalue weighted by atomic mass is 10.1. The van der Waals surface area contributed by atoms with Crippen LogP contribution in [0.2, 0.25) is 0 Å². The largest absolute Gasteiger partial charge is 0.478 e. The Morgan fingerprint density at radius 3 is 2.45 bits per heavy atom. The van der Waals surface area contributed by atoms with Crippen LogP contribution in [-0.4, -0.2) is 29.3 Å². The summed E-state index contributed by atoms with van der Waals surface area (Å²) < 4.78 is 5.08. The van der Waals surface area contributed by atoms with E-state index in [2.05, 4.69) is 17.2 Å². The maximum Gasteiger partial charge on any atom is 0.408 e. The predicted octanol–water partition coefficient (Wildman–Crippen LogP) is 2.66. The molecular formula is C17H19NO4. The maximum absolute atomic E-state index is 11.4. The number of ether oxygens (including phenoxy) is 1. The average molecular weight is 301 g/mol. The van der Waals surface area contributed by atoms with Crippen LogP contribution in [-0.2, 0) is 9.53 Å². The second-order valence-electron chi connectivity index (χ2n) is 5.45. The van der Waals surface area contributed by atoms with E-state index in [1.807, 2.05) is 0 Å². The van der Waals surface area contributed by atoms with E-state index in [-0.39, 0.29) is 6.54 Å². The summed E-state index contributed by atoms with van der Waals surface area (Å²) in [7, 11) is 0. The first-order valence-corrected chi connectivity index (χ1v) is 6.73. The molecule has 1 amide bonds. The van der Waals surface area contributed by atoms with Gasteiger partial charge in [-0.25, -0.2) is 9.59 Å². The topological polar surface area (TPSA) is 75.6 Å². The number of carboxylic acid groups (broad SMARTS) is 1. The molecule has 116 valence electrons. The summed E-state index contributed by atoms with van der Waals surface area (Å²) in [6, 6.07) is 7.10. The molecule has 0 heterocycles. The summed E-state index contributed by atoms with van der Waals surface area (Å²) in [6.45, 7) is 5.56. The molecule has 5 heteroatoms. The number of aliphatic carboxylic acids is 1. The summed E-state index contributed by atoms with van der Waals surface area (Å²) in [4.78, 5) is 21.8. The Kier molecular flexibility index (Phi) is 6.21. The number of rotatable bonds is 3. The van der Waals surface area contributed by atoms with Gasteiger partial charge in [-0.05, 0) is 44.5 Å². The number of carbonyl (C=O) groups is 2. The van der Waals surface area contributed by atoms with Crippen LogP contribution in [0.15, 0.2) is 30.3 Å². The standard InChI is InChI=1S/C17H19NO4/c1-17(2,3)22-16(21)18-12-4-5-13-6-8-14(9-7-13)10-11-15(19)20/h6-11H,12H2,1-3H3,(H,18,21)(H,19,20)/b11-10+. The zero-order chi connectivity index (χ0) is 16.6. The van der Waals surface area contributed by atoms with Gasteiger partial charge in [0.25, 0.3) is 0 Å². The Morgan fingerprint density at radius 1 is 1.27 bits per heavy atom. The molecule has 0 aliphatic rings. The first kappa shape index (κ1) is 17.3. The first-order chi connectivity index (χ1) is 10.3. The van der Waals surface area contributed by atoms with Crippen LogP contribution in [0, 0.1) is 11.8 Å². The van der Waals surface area contributed by atoms with Crippen molar-refractivity contribution >= 4 is 18.1 Å². The van der Waals surface area contributed by atoms with Gasteiger partial charge in [-0.15, -0.1) is 0 Å². The predicted molar refractivity (Wildman–Crippen MR) is 84.2 cm³/mol. The molecule has 0 saturated heterocycles. The van der Waals surface area contributed by atoms with Crippen molar-refractivity contribution in [3.63, 3.8) is 0 Å². The molecule has 0 aliphatic heterocycles. The molecule has 0 aromatic heterocycles. The summed E-state index contributed by atoms with van der Waals surface area (Å²) in [5, 5.41) is 11.1. The van der Waals surface area contributed by atoms with Gasteiger partial charge in [0.2, 0.25) is 0 Å². The summed E-state index contributed by atoms with van der Waals surface area (Å²) in [5.41, 5.74) is 1.02. The van der Waals surface area contributed by atoms with Crippen LogP contribution in [0.5, 0.6) is 0 Å². The van der Waals surface area contributed by atoms with Crippen molar-refractivity contribution in [2.45, 2.75) is 26.4 Å². The fourth-order valence-electron chi connectivity index (χ4n) is 1.42. The van der Waals surface area contributed by atoms with Gasteiger partial charge in [-0.3, -0.25) is 0 Å². The second kappa shape index (κ2) is 7.89.